The minimum Gasteiger partial charge on any atom is -0.369 e. The quantitative estimate of drug-likeness (QED) is 0.852. The van der Waals surface area contributed by atoms with Gasteiger partial charge in [-0.05, 0) is 18.6 Å². The van der Waals surface area contributed by atoms with Gasteiger partial charge in [0.2, 0.25) is 11.9 Å². The van der Waals surface area contributed by atoms with Gasteiger partial charge in [0.25, 0.3) is 0 Å². The van der Waals surface area contributed by atoms with Gasteiger partial charge in [-0.15, -0.1) is 0 Å². The summed E-state index contributed by atoms with van der Waals surface area (Å²) >= 11 is 6.09. The van der Waals surface area contributed by atoms with E-state index in [9.17, 15) is 4.79 Å². The third kappa shape index (κ3) is 1.47. The van der Waals surface area contributed by atoms with E-state index >= 15 is 0 Å². The van der Waals surface area contributed by atoms with Gasteiger partial charge in [-0.2, -0.15) is 0 Å². The summed E-state index contributed by atoms with van der Waals surface area (Å²) in [6.07, 6.45) is 0.748. The van der Waals surface area contributed by atoms with Gasteiger partial charge in [-0.25, -0.2) is 4.98 Å². The maximum absolute atomic E-state index is 12.1. The Bertz CT molecular complexity index is 636. The van der Waals surface area contributed by atoms with Crippen LogP contribution in [0.1, 0.15) is 12.5 Å². The fraction of sp³-hybridized carbons (Fsp3) is 0.333. The summed E-state index contributed by atoms with van der Waals surface area (Å²) in [4.78, 5) is 18.0. The second-order valence-corrected chi connectivity index (χ2v) is 4.92. The first-order chi connectivity index (χ1) is 8.59. The summed E-state index contributed by atoms with van der Waals surface area (Å²) in [5.74, 6) is 0.410. The van der Waals surface area contributed by atoms with E-state index in [4.69, 9.17) is 17.3 Å². The van der Waals surface area contributed by atoms with Crippen molar-refractivity contribution >= 4 is 34.5 Å². The van der Waals surface area contributed by atoms with Crippen LogP contribution < -0.4 is 5.73 Å². The molecule has 1 aromatic carbocycles. The van der Waals surface area contributed by atoms with Crippen molar-refractivity contribution in [2.45, 2.75) is 12.5 Å². The number of halogens is 1. The first-order valence-corrected chi connectivity index (χ1v) is 6.14. The van der Waals surface area contributed by atoms with E-state index < -0.39 is 0 Å². The Morgan fingerprint density at radius 2 is 2.28 bits per heavy atom. The molecule has 1 aliphatic heterocycles. The van der Waals surface area contributed by atoms with Crippen molar-refractivity contribution in [2.24, 2.45) is 0 Å². The van der Waals surface area contributed by atoms with Gasteiger partial charge in [0.15, 0.2) is 0 Å². The molecule has 1 aliphatic rings. The summed E-state index contributed by atoms with van der Waals surface area (Å²) in [6, 6.07) is 5.23. The van der Waals surface area contributed by atoms with E-state index in [1.165, 1.54) is 0 Å². The molecule has 2 heterocycles. The lowest BCUT2D eigenvalue weighted by atomic mass is 10.2. The fourth-order valence-electron chi connectivity index (χ4n) is 2.47. The Morgan fingerprint density at radius 3 is 2.94 bits per heavy atom. The van der Waals surface area contributed by atoms with Gasteiger partial charge in [0.1, 0.15) is 11.6 Å². The minimum atomic E-state index is -0.265. The van der Waals surface area contributed by atoms with Crippen molar-refractivity contribution in [3.63, 3.8) is 0 Å². The predicted molar refractivity (Wildman–Crippen MR) is 70.4 cm³/mol. The van der Waals surface area contributed by atoms with E-state index in [2.05, 4.69) is 4.98 Å². The molecule has 0 aliphatic carbocycles. The molecule has 0 radical (unpaired) electrons. The molecule has 1 fully saturated rings. The number of benzene rings is 1. The smallest absolute Gasteiger partial charge is 0.245 e. The van der Waals surface area contributed by atoms with Crippen LogP contribution in [0.3, 0.4) is 0 Å². The van der Waals surface area contributed by atoms with E-state index in [-0.39, 0.29) is 11.9 Å². The first-order valence-electron chi connectivity index (χ1n) is 5.76. The number of fused-ring (bicyclic) bond motifs is 1. The number of carbonyl (C=O) groups excluding carboxylic acids is 1. The van der Waals surface area contributed by atoms with Crippen molar-refractivity contribution in [3.05, 3.63) is 23.2 Å². The Hall–Kier alpha value is -1.75. The van der Waals surface area contributed by atoms with Crippen LogP contribution in [0.4, 0.5) is 5.95 Å². The van der Waals surface area contributed by atoms with Crippen LogP contribution >= 0.6 is 11.6 Å². The van der Waals surface area contributed by atoms with Gasteiger partial charge in [0.05, 0.1) is 10.5 Å². The largest absolute Gasteiger partial charge is 0.369 e. The van der Waals surface area contributed by atoms with Crippen molar-refractivity contribution in [1.82, 2.24) is 14.5 Å². The zero-order valence-corrected chi connectivity index (χ0v) is 10.7. The summed E-state index contributed by atoms with van der Waals surface area (Å²) < 4.78 is 1.78. The summed E-state index contributed by atoms with van der Waals surface area (Å²) in [6.45, 7) is 0.739. The van der Waals surface area contributed by atoms with Gasteiger partial charge in [-0.3, -0.25) is 9.36 Å². The molecule has 1 unspecified atom stereocenters. The average molecular weight is 265 g/mol. The van der Waals surface area contributed by atoms with Crippen LogP contribution in [0.15, 0.2) is 18.2 Å². The van der Waals surface area contributed by atoms with E-state index in [1.807, 2.05) is 12.1 Å². The number of hydrogen-bond donors (Lipinski definition) is 1. The number of amides is 1. The molecule has 18 heavy (non-hydrogen) atoms. The van der Waals surface area contributed by atoms with Crippen molar-refractivity contribution in [3.8, 4) is 0 Å². The number of imidazole rings is 1. The number of aromatic nitrogens is 2. The lowest BCUT2D eigenvalue weighted by Crippen LogP contribution is -2.25. The van der Waals surface area contributed by atoms with Crippen molar-refractivity contribution < 1.29 is 4.79 Å². The third-order valence-electron chi connectivity index (χ3n) is 3.41. The molecule has 0 spiro atoms. The topological polar surface area (TPSA) is 64.2 Å². The Kier molecular flexibility index (Phi) is 2.45. The molecule has 6 heteroatoms. The highest BCUT2D eigenvalue weighted by Crippen LogP contribution is 2.32. The molecule has 3 rings (SSSR count). The van der Waals surface area contributed by atoms with Gasteiger partial charge < -0.3 is 10.6 Å². The number of likely N-dealkylation sites (tertiary alicyclic amines) is 1. The maximum Gasteiger partial charge on any atom is 0.245 e. The normalized spacial score (nSPS) is 20.0. The van der Waals surface area contributed by atoms with E-state index in [0.717, 1.165) is 18.5 Å². The molecule has 1 aromatic heterocycles. The molecular weight excluding hydrogens is 252 g/mol. The predicted octanol–water partition coefficient (Wildman–Crippen LogP) is 1.68. The number of nitrogens with two attached hydrogens (primary N) is 1. The average Bonchev–Trinajstić information content (AvgIpc) is 2.83. The van der Waals surface area contributed by atoms with Crippen LogP contribution in [0.5, 0.6) is 0 Å². The van der Waals surface area contributed by atoms with Crippen LogP contribution in [-0.4, -0.2) is 34.0 Å². The van der Waals surface area contributed by atoms with Gasteiger partial charge >= 0.3 is 0 Å². The van der Waals surface area contributed by atoms with Gasteiger partial charge in [-0.1, -0.05) is 17.7 Å². The molecule has 1 amide bonds. The van der Waals surface area contributed by atoms with Crippen LogP contribution in [0, 0.1) is 0 Å². The Balaban J connectivity index is 2.21. The summed E-state index contributed by atoms with van der Waals surface area (Å²) in [5.41, 5.74) is 7.40. The lowest BCUT2D eigenvalue weighted by Gasteiger charge is -2.14. The van der Waals surface area contributed by atoms with Crippen LogP contribution in [-0.2, 0) is 4.79 Å². The molecule has 2 N–H and O–H groups in total. The van der Waals surface area contributed by atoms with E-state index in [1.54, 1.807) is 22.6 Å². The Labute approximate surface area is 109 Å². The fourth-order valence-corrected chi connectivity index (χ4v) is 2.68. The lowest BCUT2D eigenvalue weighted by molar-refractivity contribution is -0.129. The second kappa shape index (κ2) is 3.88. The molecule has 5 nitrogen and oxygen atoms in total. The monoisotopic (exact) mass is 264 g/mol. The highest BCUT2D eigenvalue weighted by Gasteiger charge is 2.33. The maximum atomic E-state index is 12.1. The molecule has 0 bridgehead atoms. The molecule has 94 valence electrons. The third-order valence-corrected chi connectivity index (χ3v) is 3.71. The first kappa shape index (κ1) is 11.3. The highest BCUT2D eigenvalue weighted by atomic mass is 35.5. The number of anilines is 1. The van der Waals surface area contributed by atoms with E-state index in [0.29, 0.717) is 16.5 Å². The molecular formula is C12H13ClN4O. The standard InChI is InChI=1S/C12H13ClN4O/c1-16-6-5-9(11(16)18)17-8-4-2-3-7(13)10(8)15-12(17)14/h2-4,9H,5-6H2,1H3,(H2,14,15). The zero-order valence-electron chi connectivity index (χ0n) is 9.93. The second-order valence-electron chi connectivity index (χ2n) is 4.51. The molecule has 1 atom stereocenters. The Morgan fingerprint density at radius 1 is 1.50 bits per heavy atom. The number of nitrogen functional groups attached to an aromatic ring is 1. The molecule has 1 saturated heterocycles. The SMILES string of the molecule is CN1CCC(n2c(N)nc3c(Cl)cccc32)C1=O. The van der Waals surface area contributed by atoms with Crippen molar-refractivity contribution in [1.29, 1.82) is 0 Å². The molecule has 0 saturated carbocycles. The minimum absolute atomic E-state index is 0.0703. The zero-order chi connectivity index (χ0) is 12.9. The summed E-state index contributed by atoms with van der Waals surface area (Å²) in [5, 5.41) is 0.553. The van der Waals surface area contributed by atoms with Crippen LogP contribution in [0.25, 0.3) is 11.0 Å². The molecule has 2 aromatic rings. The van der Waals surface area contributed by atoms with Gasteiger partial charge in [0, 0.05) is 13.6 Å². The van der Waals surface area contributed by atoms with Crippen LogP contribution in [0.2, 0.25) is 5.02 Å². The highest BCUT2D eigenvalue weighted by molar-refractivity contribution is 6.35. The number of hydrogen-bond acceptors (Lipinski definition) is 3. The number of rotatable bonds is 1. The van der Waals surface area contributed by atoms with Crippen molar-refractivity contribution in [2.75, 3.05) is 19.3 Å². The summed E-state index contributed by atoms with van der Waals surface area (Å²) in [7, 11) is 1.80. The number of likely N-dealkylation sites (N-methyl/N-ethyl adjacent to an activating group) is 1. The number of para-hydroxylation sites is 1. The number of carbonyl (C=O) groups is 1. The number of nitrogens with zero attached hydrogens (tertiary/aromatic N) is 3.